The molecule has 3 aromatic rings. The average Bonchev–Trinajstić information content (AvgIpc) is 3.07. The van der Waals surface area contributed by atoms with Crippen molar-refractivity contribution in [2.45, 2.75) is 40.2 Å². The number of carbonyl (C=O) groups is 1. The molecule has 0 saturated heterocycles. The van der Waals surface area contributed by atoms with E-state index in [9.17, 15) is 9.90 Å². The minimum absolute atomic E-state index is 0.0224. The number of benzene rings is 1. The molecule has 0 unspecified atom stereocenters. The van der Waals surface area contributed by atoms with Crippen molar-refractivity contribution in [1.82, 2.24) is 14.8 Å². The summed E-state index contributed by atoms with van der Waals surface area (Å²) in [7, 11) is 0. The normalized spacial score (nSPS) is 12.0. The van der Waals surface area contributed by atoms with Crippen LogP contribution in [0.4, 0.5) is 0 Å². The first-order valence-electron chi connectivity index (χ1n) is 8.94. The number of pyridine rings is 1. The molecular formula is C21H23N3O3. The van der Waals surface area contributed by atoms with Crippen LogP contribution in [0, 0.1) is 13.8 Å². The van der Waals surface area contributed by atoms with Gasteiger partial charge in [0.1, 0.15) is 5.56 Å². The number of carboxylic acids is 1. The van der Waals surface area contributed by atoms with Gasteiger partial charge in [0.25, 0.3) is 0 Å². The zero-order valence-corrected chi connectivity index (χ0v) is 15.9. The van der Waals surface area contributed by atoms with Gasteiger partial charge >= 0.3 is 5.97 Å². The van der Waals surface area contributed by atoms with E-state index in [1.54, 1.807) is 6.07 Å². The maximum Gasteiger partial charge on any atom is 0.342 e. The second kappa shape index (κ2) is 7.61. The second-order valence-corrected chi connectivity index (χ2v) is 6.55. The topological polar surface area (TPSA) is 77.2 Å². The van der Waals surface area contributed by atoms with Gasteiger partial charge in [-0.25, -0.2) is 9.78 Å². The number of aryl methyl sites for hydroxylation is 1. The number of nitrogens with zero attached hydrogens (tertiary/aromatic N) is 3. The summed E-state index contributed by atoms with van der Waals surface area (Å²) in [6.45, 7) is 7.99. The Morgan fingerprint density at radius 1 is 1.22 bits per heavy atom. The highest BCUT2D eigenvalue weighted by Gasteiger charge is 2.22. The van der Waals surface area contributed by atoms with Gasteiger partial charge in [0.05, 0.1) is 18.0 Å². The molecule has 1 aromatic carbocycles. The van der Waals surface area contributed by atoms with Crippen LogP contribution in [0.5, 0.6) is 5.88 Å². The van der Waals surface area contributed by atoms with E-state index in [4.69, 9.17) is 9.72 Å². The summed E-state index contributed by atoms with van der Waals surface area (Å²) in [6.07, 6.45) is 1.91. The summed E-state index contributed by atoms with van der Waals surface area (Å²) < 4.78 is 7.30. The van der Waals surface area contributed by atoms with Crippen LogP contribution in [-0.2, 0) is 0 Å². The van der Waals surface area contributed by atoms with Crippen molar-refractivity contribution < 1.29 is 14.6 Å². The third kappa shape index (κ3) is 3.69. The Morgan fingerprint density at radius 3 is 2.67 bits per heavy atom. The highest BCUT2D eigenvalue weighted by molar-refractivity contribution is 5.90. The predicted molar refractivity (Wildman–Crippen MR) is 104 cm³/mol. The molecule has 0 spiro atoms. The summed E-state index contributed by atoms with van der Waals surface area (Å²) in [4.78, 5) is 16.3. The molecule has 27 heavy (non-hydrogen) atoms. The molecule has 0 fully saturated rings. The standard InChI is InChI=1S/C21H23N3O3/c1-5-14(3)27-20-17(21(25)26)12-22-24(20)19-11-7-10-18(23-19)16-9-6-8-13(2)15(16)4/h6-12,14H,5H2,1-4H3,(H,25,26)/t14-/m0/s1. The fraction of sp³-hybridized carbons (Fsp3) is 0.286. The molecule has 6 nitrogen and oxygen atoms in total. The van der Waals surface area contributed by atoms with Crippen LogP contribution < -0.4 is 4.74 Å². The van der Waals surface area contributed by atoms with Crippen molar-refractivity contribution in [3.05, 3.63) is 59.3 Å². The number of ether oxygens (including phenoxy) is 1. The fourth-order valence-corrected chi connectivity index (χ4v) is 2.75. The quantitative estimate of drug-likeness (QED) is 0.699. The summed E-state index contributed by atoms with van der Waals surface area (Å²) >= 11 is 0. The maximum atomic E-state index is 11.6. The lowest BCUT2D eigenvalue weighted by atomic mass is 10.0. The van der Waals surface area contributed by atoms with Crippen LogP contribution in [0.3, 0.4) is 0 Å². The minimum atomic E-state index is -1.08. The Morgan fingerprint density at radius 2 is 1.96 bits per heavy atom. The predicted octanol–water partition coefficient (Wildman–Crippen LogP) is 4.43. The number of hydrogen-bond donors (Lipinski definition) is 1. The van der Waals surface area contributed by atoms with Crippen LogP contribution in [0.2, 0.25) is 0 Å². The van der Waals surface area contributed by atoms with Crippen molar-refractivity contribution in [1.29, 1.82) is 0 Å². The number of rotatable bonds is 6. The van der Waals surface area contributed by atoms with Gasteiger partial charge in [-0.1, -0.05) is 31.2 Å². The fourth-order valence-electron chi connectivity index (χ4n) is 2.75. The molecule has 2 aromatic heterocycles. The largest absolute Gasteiger partial charge is 0.477 e. The molecule has 0 aliphatic carbocycles. The molecule has 140 valence electrons. The van der Waals surface area contributed by atoms with Gasteiger partial charge in [-0.3, -0.25) is 0 Å². The molecule has 3 rings (SSSR count). The summed E-state index contributed by atoms with van der Waals surface area (Å²) in [6, 6.07) is 11.7. The Labute approximate surface area is 158 Å². The first-order chi connectivity index (χ1) is 12.9. The molecular weight excluding hydrogens is 342 g/mol. The highest BCUT2D eigenvalue weighted by atomic mass is 16.5. The first-order valence-corrected chi connectivity index (χ1v) is 8.94. The van der Waals surface area contributed by atoms with Crippen molar-refractivity contribution in [2.75, 3.05) is 0 Å². The number of carboxylic acid groups (broad SMARTS) is 1. The van der Waals surface area contributed by atoms with E-state index in [1.165, 1.54) is 16.4 Å². The summed E-state index contributed by atoms with van der Waals surface area (Å²) in [5.74, 6) is -0.369. The van der Waals surface area contributed by atoms with E-state index in [2.05, 4.69) is 25.0 Å². The zero-order chi connectivity index (χ0) is 19.6. The lowest BCUT2D eigenvalue weighted by Gasteiger charge is -2.15. The van der Waals surface area contributed by atoms with Gasteiger partial charge in [-0.15, -0.1) is 0 Å². The van der Waals surface area contributed by atoms with E-state index in [0.717, 1.165) is 23.2 Å². The van der Waals surface area contributed by atoms with Crippen LogP contribution >= 0.6 is 0 Å². The first kappa shape index (κ1) is 18.6. The third-order valence-corrected chi connectivity index (χ3v) is 4.68. The molecule has 1 N–H and O–H groups in total. The lowest BCUT2D eigenvalue weighted by Crippen LogP contribution is -2.15. The molecule has 1 atom stereocenters. The molecule has 0 aliphatic heterocycles. The molecule has 6 heteroatoms. The zero-order valence-electron chi connectivity index (χ0n) is 15.9. The molecule has 0 bridgehead atoms. The van der Waals surface area contributed by atoms with Crippen LogP contribution in [0.15, 0.2) is 42.6 Å². The van der Waals surface area contributed by atoms with Crippen molar-refractivity contribution >= 4 is 5.97 Å². The van der Waals surface area contributed by atoms with Gasteiger partial charge < -0.3 is 9.84 Å². The minimum Gasteiger partial charge on any atom is -0.477 e. The monoisotopic (exact) mass is 365 g/mol. The number of aromatic carboxylic acids is 1. The van der Waals surface area contributed by atoms with Crippen LogP contribution in [0.1, 0.15) is 41.8 Å². The van der Waals surface area contributed by atoms with Gasteiger partial charge in [-0.05, 0) is 50.5 Å². The average molecular weight is 365 g/mol. The summed E-state index contributed by atoms with van der Waals surface area (Å²) in [5.41, 5.74) is 4.20. The van der Waals surface area contributed by atoms with Gasteiger partial charge in [-0.2, -0.15) is 9.78 Å². The third-order valence-electron chi connectivity index (χ3n) is 4.68. The van der Waals surface area contributed by atoms with Crippen LogP contribution in [0.25, 0.3) is 17.1 Å². The van der Waals surface area contributed by atoms with E-state index < -0.39 is 5.97 Å². The van der Waals surface area contributed by atoms with Crippen LogP contribution in [-0.4, -0.2) is 31.9 Å². The van der Waals surface area contributed by atoms with Crippen molar-refractivity contribution in [3.8, 4) is 23.0 Å². The molecule has 0 amide bonds. The maximum absolute atomic E-state index is 11.6. The molecule has 0 saturated carbocycles. The smallest absolute Gasteiger partial charge is 0.342 e. The molecule has 0 aliphatic rings. The molecule has 2 heterocycles. The number of aromatic nitrogens is 3. The van der Waals surface area contributed by atoms with Crippen molar-refractivity contribution in [3.63, 3.8) is 0 Å². The molecule has 0 radical (unpaired) electrons. The second-order valence-electron chi connectivity index (χ2n) is 6.55. The Kier molecular flexibility index (Phi) is 5.26. The van der Waals surface area contributed by atoms with E-state index in [0.29, 0.717) is 5.82 Å². The lowest BCUT2D eigenvalue weighted by molar-refractivity contribution is 0.0689. The summed E-state index contributed by atoms with van der Waals surface area (Å²) in [5, 5.41) is 13.7. The van der Waals surface area contributed by atoms with Gasteiger partial charge in [0, 0.05) is 5.56 Å². The van der Waals surface area contributed by atoms with E-state index >= 15 is 0 Å². The SMILES string of the molecule is CC[C@H](C)Oc1c(C(=O)O)cnn1-c1cccc(-c2cccc(C)c2C)n1. The Hall–Kier alpha value is -3.15. The van der Waals surface area contributed by atoms with Gasteiger partial charge in [0.15, 0.2) is 5.82 Å². The highest BCUT2D eigenvalue weighted by Crippen LogP contribution is 2.27. The Bertz CT molecular complexity index is 979. The van der Waals surface area contributed by atoms with E-state index in [1.807, 2.05) is 38.1 Å². The van der Waals surface area contributed by atoms with Gasteiger partial charge in [0.2, 0.25) is 5.88 Å². The number of hydrogen-bond acceptors (Lipinski definition) is 4. The van der Waals surface area contributed by atoms with E-state index in [-0.39, 0.29) is 17.5 Å². The Balaban J connectivity index is 2.10. The van der Waals surface area contributed by atoms with Crippen molar-refractivity contribution in [2.24, 2.45) is 0 Å².